The van der Waals surface area contributed by atoms with Crippen molar-refractivity contribution in [3.8, 4) is 5.75 Å². The molecule has 3 aromatic rings. The minimum absolute atomic E-state index is 0.00221. The van der Waals surface area contributed by atoms with Crippen LogP contribution in [0.4, 0.5) is 27.6 Å². The van der Waals surface area contributed by atoms with Crippen molar-refractivity contribution in [1.29, 1.82) is 0 Å². The largest absolute Gasteiger partial charge is 0.492 e. The zero-order valence-corrected chi connectivity index (χ0v) is 26.2. The Morgan fingerprint density at radius 3 is 2.41 bits per heavy atom. The lowest BCUT2D eigenvalue weighted by molar-refractivity contribution is -0.136. The fourth-order valence-electron chi connectivity index (χ4n) is 6.79. The van der Waals surface area contributed by atoms with Gasteiger partial charge in [-0.1, -0.05) is 0 Å². The second-order valence-electron chi connectivity index (χ2n) is 13.9. The molecule has 1 aromatic carbocycles. The molecule has 46 heavy (non-hydrogen) atoms. The van der Waals surface area contributed by atoms with Gasteiger partial charge in [-0.25, -0.2) is 18.7 Å². The van der Waals surface area contributed by atoms with Gasteiger partial charge in [-0.05, 0) is 84.7 Å². The smallest absolute Gasteiger partial charge is 0.418 e. The number of nitrogens with zero attached hydrogens (tertiary/aromatic N) is 4. The van der Waals surface area contributed by atoms with Gasteiger partial charge in [0.2, 0.25) is 5.91 Å². The molecule has 4 heterocycles. The summed E-state index contributed by atoms with van der Waals surface area (Å²) in [5.74, 6) is 0.111. The average Bonchev–Trinajstić information content (AvgIpc) is 3.44. The van der Waals surface area contributed by atoms with Crippen LogP contribution < -0.4 is 10.1 Å². The van der Waals surface area contributed by atoms with Crippen LogP contribution in [0.1, 0.15) is 88.6 Å². The van der Waals surface area contributed by atoms with Gasteiger partial charge in [0.1, 0.15) is 30.5 Å². The number of hydrogen-bond donors (Lipinski definition) is 2. The number of piperidine rings is 1. The number of aromatic nitrogens is 3. The first kappa shape index (κ1) is 32.6. The molecule has 6 rings (SSSR count). The lowest BCUT2D eigenvalue weighted by Gasteiger charge is -2.42. The van der Waals surface area contributed by atoms with E-state index < -0.39 is 34.8 Å². The Labute approximate surface area is 263 Å². The number of benzene rings is 1. The molecule has 1 spiro atoms. The predicted octanol–water partition coefficient (Wildman–Crippen LogP) is 6.15. The summed E-state index contributed by atoms with van der Waals surface area (Å²) in [5.41, 5.74) is -2.89. The molecular formula is C32H38F5N5O4. The molecule has 1 aliphatic carbocycles. The maximum absolute atomic E-state index is 14.5. The third-order valence-electron chi connectivity index (χ3n) is 9.15. The van der Waals surface area contributed by atoms with E-state index in [2.05, 4.69) is 15.3 Å². The number of anilines is 1. The van der Waals surface area contributed by atoms with Gasteiger partial charge >= 0.3 is 6.18 Å². The van der Waals surface area contributed by atoms with Crippen molar-refractivity contribution in [3.05, 3.63) is 47.0 Å². The third kappa shape index (κ3) is 6.18. The number of carbonyl (C=O) groups excluding carboxylic acids is 1. The number of pyridine rings is 1. The summed E-state index contributed by atoms with van der Waals surface area (Å²) in [4.78, 5) is 23.6. The normalized spacial score (nSPS) is 23.2. The number of ether oxygens (including phenoxy) is 2. The molecule has 0 bridgehead atoms. The van der Waals surface area contributed by atoms with E-state index in [0.29, 0.717) is 62.5 Å². The highest BCUT2D eigenvalue weighted by atomic mass is 19.4. The number of amides is 1. The number of rotatable bonds is 8. The second-order valence-corrected chi connectivity index (χ2v) is 13.9. The third-order valence-corrected chi connectivity index (χ3v) is 9.15. The van der Waals surface area contributed by atoms with Crippen LogP contribution in [-0.4, -0.2) is 67.9 Å². The topological polar surface area (TPSA) is 102 Å². The summed E-state index contributed by atoms with van der Waals surface area (Å²) in [5, 5.41) is 13.1. The molecule has 2 aromatic heterocycles. The van der Waals surface area contributed by atoms with Crippen LogP contribution in [0.3, 0.4) is 0 Å². The van der Waals surface area contributed by atoms with Crippen LogP contribution in [-0.2, 0) is 27.7 Å². The van der Waals surface area contributed by atoms with Gasteiger partial charge in [-0.3, -0.25) is 9.69 Å². The van der Waals surface area contributed by atoms with E-state index in [0.717, 1.165) is 6.07 Å². The van der Waals surface area contributed by atoms with Crippen molar-refractivity contribution in [2.75, 3.05) is 31.6 Å². The zero-order chi connectivity index (χ0) is 33.2. The fraction of sp³-hybridized carbons (Fsp3) is 0.594. The molecule has 0 radical (unpaired) electrons. The molecule has 3 aliphatic rings. The van der Waals surface area contributed by atoms with Crippen molar-refractivity contribution >= 4 is 22.6 Å². The summed E-state index contributed by atoms with van der Waals surface area (Å²) in [6.07, 6.45) is -6.13. The van der Waals surface area contributed by atoms with Crippen molar-refractivity contribution in [3.63, 3.8) is 0 Å². The first-order valence-electron chi connectivity index (χ1n) is 15.4. The molecule has 2 N–H and O–H groups in total. The van der Waals surface area contributed by atoms with Crippen LogP contribution >= 0.6 is 0 Å². The molecule has 2 aliphatic heterocycles. The van der Waals surface area contributed by atoms with Crippen molar-refractivity contribution in [2.45, 2.75) is 95.2 Å². The van der Waals surface area contributed by atoms with E-state index >= 15 is 0 Å². The van der Waals surface area contributed by atoms with Gasteiger partial charge in [0.15, 0.2) is 0 Å². The predicted molar refractivity (Wildman–Crippen MR) is 159 cm³/mol. The lowest BCUT2D eigenvalue weighted by Crippen LogP contribution is -2.47. The molecule has 9 nitrogen and oxygen atoms in total. The number of hydrogen-bond acceptors (Lipinski definition) is 7. The molecule has 1 amide bonds. The molecule has 0 atom stereocenters. The van der Waals surface area contributed by atoms with E-state index in [-0.39, 0.29) is 47.6 Å². The summed E-state index contributed by atoms with van der Waals surface area (Å²) in [6, 6.07) is 4.79. The Morgan fingerprint density at radius 2 is 1.80 bits per heavy atom. The number of imidazole rings is 1. The minimum atomic E-state index is -4.69. The second kappa shape index (κ2) is 11.4. The number of likely N-dealkylation sites (tertiary alicyclic amines) is 1. The van der Waals surface area contributed by atoms with Crippen molar-refractivity contribution in [2.24, 2.45) is 0 Å². The van der Waals surface area contributed by atoms with E-state index in [1.54, 1.807) is 11.5 Å². The summed E-state index contributed by atoms with van der Waals surface area (Å²) >= 11 is 0. The maximum Gasteiger partial charge on any atom is 0.418 e. The lowest BCUT2D eigenvalue weighted by atomic mass is 9.76. The highest BCUT2D eigenvalue weighted by Crippen LogP contribution is 2.47. The standard InChI is InChI=1S/C32H38F5N5O4/c1-29(2,3)46-17-24-38-23-14-19(13-20(32(35,36)37)25(23)42(24)18-15-30(4,44)16-18)45-12-11-41-9-7-31(8-10-41)26-21(40-28(31)43)5-6-22(39-26)27(33)34/h5-6,13-14,18,27,44H,7-12,15-17H2,1-4H3,(H,40,43). The number of nitrogens with one attached hydrogen (secondary N) is 1. The number of aliphatic hydroxyl groups is 1. The summed E-state index contributed by atoms with van der Waals surface area (Å²) in [7, 11) is 0. The molecule has 1 saturated carbocycles. The highest BCUT2D eigenvalue weighted by molar-refractivity contribution is 6.05. The monoisotopic (exact) mass is 651 g/mol. The van der Waals surface area contributed by atoms with E-state index in [1.165, 1.54) is 18.2 Å². The molecule has 2 fully saturated rings. The Bertz CT molecular complexity index is 1630. The quantitative estimate of drug-likeness (QED) is 0.282. The van der Waals surface area contributed by atoms with E-state index in [1.807, 2.05) is 25.7 Å². The average molecular weight is 652 g/mol. The number of alkyl halides is 5. The van der Waals surface area contributed by atoms with Crippen LogP contribution in [0, 0.1) is 0 Å². The SMILES string of the molecule is CC1(O)CC(n2c(COC(C)(C)C)nc3cc(OCCN4CCC5(CC4)C(=O)Nc4ccc(C(F)F)nc45)cc(C(F)(F)F)c32)C1. The minimum Gasteiger partial charge on any atom is -0.492 e. The van der Waals surface area contributed by atoms with Gasteiger partial charge < -0.3 is 24.5 Å². The molecular weight excluding hydrogens is 613 g/mol. The van der Waals surface area contributed by atoms with Gasteiger partial charge in [0.25, 0.3) is 6.43 Å². The van der Waals surface area contributed by atoms with Crippen LogP contribution in [0.25, 0.3) is 11.0 Å². The van der Waals surface area contributed by atoms with Crippen LogP contribution in [0.15, 0.2) is 24.3 Å². The zero-order valence-electron chi connectivity index (χ0n) is 26.2. The summed E-state index contributed by atoms with van der Waals surface area (Å²) < 4.78 is 83.4. The highest BCUT2D eigenvalue weighted by Gasteiger charge is 2.50. The van der Waals surface area contributed by atoms with Crippen LogP contribution in [0.5, 0.6) is 5.75 Å². The van der Waals surface area contributed by atoms with Crippen molar-refractivity contribution in [1.82, 2.24) is 19.4 Å². The van der Waals surface area contributed by atoms with E-state index in [9.17, 15) is 31.9 Å². The van der Waals surface area contributed by atoms with Crippen molar-refractivity contribution < 1.29 is 41.3 Å². The molecule has 250 valence electrons. The Hall–Kier alpha value is -3.36. The molecule has 0 unspecified atom stereocenters. The van der Waals surface area contributed by atoms with Crippen LogP contribution in [0.2, 0.25) is 0 Å². The van der Waals surface area contributed by atoms with E-state index in [4.69, 9.17) is 9.47 Å². The first-order chi connectivity index (χ1) is 21.5. The fourth-order valence-corrected chi connectivity index (χ4v) is 6.79. The number of carbonyl (C=O) groups is 1. The number of halogens is 5. The van der Waals surface area contributed by atoms with Gasteiger partial charge in [0.05, 0.1) is 44.6 Å². The van der Waals surface area contributed by atoms with Gasteiger partial charge in [-0.15, -0.1) is 0 Å². The summed E-state index contributed by atoms with van der Waals surface area (Å²) in [6.45, 7) is 8.59. The Morgan fingerprint density at radius 1 is 1.11 bits per heavy atom. The van der Waals surface area contributed by atoms with Gasteiger partial charge in [-0.2, -0.15) is 13.2 Å². The molecule has 1 saturated heterocycles. The molecule has 14 heteroatoms. The maximum atomic E-state index is 14.5. The Kier molecular flexibility index (Phi) is 8.08. The number of fused-ring (bicyclic) bond motifs is 3. The van der Waals surface area contributed by atoms with Gasteiger partial charge in [0, 0.05) is 18.7 Å². The first-order valence-corrected chi connectivity index (χ1v) is 15.4. The Balaban J connectivity index is 1.18.